The number of thioether (sulfide) groups is 1. The van der Waals surface area contributed by atoms with E-state index < -0.39 is 10.0 Å². The summed E-state index contributed by atoms with van der Waals surface area (Å²) in [5, 5.41) is 4.09. The van der Waals surface area contributed by atoms with Gasteiger partial charge < -0.3 is 5.32 Å². The summed E-state index contributed by atoms with van der Waals surface area (Å²) in [4.78, 5) is 0.354. The maximum atomic E-state index is 12.1. The van der Waals surface area contributed by atoms with Crippen LogP contribution >= 0.6 is 11.8 Å². The quantitative estimate of drug-likeness (QED) is 0.844. The maximum Gasteiger partial charge on any atom is 0.240 e. The molecule has 6 heteroatoms. The fourth-order valence-corrected chi connectivity index (χ4v) is 4.98. The molecule has 1 aliphatic heterocycles. The Kier molecular flexibility index (Phi) is 4.76. The van der Waals surface area contributed by atoms with Crippen LogP contribution in [0.25, 0.3) is 0 Å². The van der Waals surface area contributed by atoms with Crippen LogP contribution in [0, 0.1) is 0 Å². The van der Waals surface area contributed by atoms with Crippen molar-refractivity contribution in [3.05, 3.63) is 24.3 Å². The molecule has 116 valence electrons. The van der Waals surface area contributed by atoms with E-state index in [4.69, 9.17) is 0 Å². The van der Waals surface area contributed by atoms with Gasteiger partial charge in [-0.25, -0.2) is 13.1 Å². The van der Waals surface area contributed by atoms with E-state index in [1.54, 1.807) is 12.1 Å². The van der Waals surface area contributed by atoms with Crippen LogP contribution in [0.3, 0.4) is 0 Å². The van der Waals surface area contributed by atoms with Crippen LogP contribution in [0.15, 0.2) is 29.2 Å². The Balaban J connectivity index is 1.55. The van der Waals surface area contributed by atoms with Crippen LogP contribution in [0.1, 0.15) is 32.1 Å². The highest BCUT2D eigenvalue weighted by atomic mass is 32.2. The van der Waals surface area contributed by atoms with Gasteiger partial charge >= 0.3 is 0 Å². The number of benzene rings is 1. The standard InChI is InChI=1S/C15H22N2O2S2/c18-21(19,17-13-4-5-13)15-8-6-12(7-9-15)16-11-14-3-1-2-10-20-14/h6-9,13-14,16-17H,1-5,10-11H2. The summed E-state index contributed by atoms with van der Waals surface area (Å²) in [5.74, 6) is 1.26. The Labute approximate surface area is 131 Å². The highest BCUT2D eigenvalue weighted by molar-refractivity contribution is 7.99. The number of anilines is 1. The van der Waals surface area contributed by atoms with Crippen LogP contribution in [0.5, 0.6) is 0 Å². The first kappa shape index (κ1) is 15.2. The fourth-order valence-electron chi connectivity index (χ4n) is 2.44. The van der Waals surface area contributed by atoms with Gasteiger partial charge in [0.05, 0.1) is 4.90 Å². The normalized spacial score (nSPS) is 23.0. The van der Waals surface area contributed by atoms with Crippen molar-refractivity contribution in [1.29, 1.82) is 0 Å². The van der Waals surface area contributed by atoms with E-state index in [0.717, 1.165) is 25.1 Å². The Hall–Kier alpha value is -0.720. The van der Waals surface area contributed by atoms with E-state index in [9.17, 15) is 8.42 Å². The summed E-state index contributed by atoms with van der Waals surface area (Å²) in [7, 11) is -3.33. The topological polar surface area (TPSA) is 58.2 Å². The molecule has 2 aliphatic rings. The Morgan fingerprint density at radius 3 is 2.48 bits per heavy atom. The lowest BCUT2D eigenvalue weighted by molar-refractivity contribution is 0.581. The highest BCUT2D eigenvalue weighted by Gasteiger charge is 2.27. The third-order valence-electron chi connectivity index (χ3n) is 3.87. The fraction of sp³-hybridized carbons (Fsp3) is 0.600. The smallest absolute Gasteiger partial charge is 0.240 e. The zero-order chi connectivity index (χ0) is 14.7. The van der Waals surface area contributed by atoms with E-state index in [1.807, 2.05) is 23.9 Å². The first-order valence-corrected chi connectivity index (χ1v) is 10.1. The lowest BCUT2D eigenvalue weighted by atomic mass is 10.2. The summed E-state index contributed by atoms with van der Waals surface area (Å²) in [6.45, 7) is 0.955. The van der Waals surface area contributed by atoms with Gasteiger partial charge in [0.25, 0.3) is 0 Å². The molecule has 1 atom stereocenters. The lowest BCUT2D eigenvalue weighted by Crippen LogP contribution is -2.25. The molecule has 1 unspecified atom stereocenters. The van der Waals surface area contributed by atoms with Crippen LogP contribution < -0.4 is 10.0 Å². The van der Waals surface area contributed by atoms with Gasteiger partial charge in [-0.1, -0.05) is 6.42 Å². The molecule has 3 rings (SSSR count). The summed E-state index contributed by atoms with van der Waals surface area (Å²) in [6, 6.07) is 7.22. The van der Waals surface area contributed by atoms with Gasteiger partial charge in [-0.15, -0.1) is 0 Å². The van der Waals surface area contributed by atoms with Gasteiger partial charge in [0.1, 0.15) is 0 Å². The van der Waals surface area contributed by atoms with Crippen molar-refractivity contribution in [2.45, 2.75) is 48.3 Å². The molecule has 2 N–H and O–H groups in total. The van der Waals surface area contributed by atoms with Crippen molar-refractivity contribution in [2.24, 2.45) is 0 Å². The predicted molar refractivity (Wildman–Crippen MR) is 88.4 cm³/mol. The molecule has 2 fully saturated rings. The zero-order valence-electron chi connectivity index (χ0n) is 12.0. The molecule has 1 aromatic carbocycles. The van der Waals surface area contributed by atoms with Gasteiger partial charge in [-0.2, -0.15) is 11.8 Å². The zero-order valence-corrected chi connectivity index (χ0v) is 13.7. The Bertz CT molecular complexity index is 562. The van der Waals surface area contributed by atoms with E-state index in [-0.39, 0.29) is 6.04 Å². The van der Waals surface area contributed by atoms with Gasteiger partial charge in [-0.05, 0) is 55.7 Å². The molecule has 1 saturated heterocycles. The molecule has 4 nitrogen and oxygen atoms in total. The molecular formula is C15H22N2O2S2. The van der Waals surface area contributed by atoms with Crippen LogP contribution in [-0.4, -0.2) is 32.0 Å². The average Bonchev–Trinajstić information content (AvgIpc) is 3.30. The molecule has 0 aromatic heterocycles. The minimum atomic E-state index is -3.33. The van der Waals surface area contributed by atoms with Crippen molar-refractivity contribution in [3.63, 3.8) is 0 Å². The minimum Gasteiger partial charge on any atom is -0.384 e. The van der Waals surface area contributed by atoms with Crippen LogP contribution in [0.2, 0.25) is 0 Å². The summed E-state index contributed by atoms with van der Waals surface area (Å²) in [6.07, 6.45) is 5.84. The summed E-state index contributed by atoms with van der Waals surface area (Å²) < 4.78 is 26.8. The van der Waals surface area contributed by atoms with Crippen molar-refractivity contribution in [2.75, 3.05) is 17.6 Å². The van der Waals surface area contributed by atoms with Gasteiger partial charge in [0.2, 0.25) is 10.0 Å². The predicted octanol–water partition coefficient (Wildman–Crippen LogP) is 2.82. The van der Waals surface area contributed by atoms with Gasteiger partial charge in [0, 0.05) is 23.5 Å². The van der Waals surface area contributed by atoms with Crippen molar-refractivity contribution < 1.29 is 8.42 Å². The second-order valence-electron chi connectivity index (χ2n) is 5.79. The molecule has 1 aromatic rings. The Morgan fingerprint density at radius 2 is 1.86 bits per heavy atom. The third kappa shape index (κ3) is 4.37. The Morgan fingerprint density at radius 1 is 1.10 bits per heavy atom. The largest absolute Gasteiger partial charge is 0.384 e. The first-order valence-electron chi connectivity index (χ1n) is 7.61. The van der Waals surface area contributed by atoms with Crippen molar-refractivity contribution >= 4 is 27.5 Å². The molecule has 0 radical (unpaired) electrons. The number of hydrogen-bond donors (Lipinski definition) is 2. The molecule has 0 bridgehead atoms. The van der Waals surface area contributed by atoms with Gasteiger partial charge in [0.15, 0.2) is 0 Å². The second kappa shape index (κ2) is 6.58. The molecule has 1 saturated carbocycles. The van der Waals surface area contributed by atoms with E-state index >= 15 is 0 Å². The minimum absolute atomic E-state index is 0.149. The molecule has 1 aliphatic carbocycles. The maximum absolute atomic E-state index is 12.1. The number of hydrogen-bond acceptors (Lipinski definition) is 4. The monoisotopic (exact) mass is 326 g/mol. The molecule has 0 amide bonds. The lowest BCUT2D eigenvalue weighted by Gasteiger charge is -2.22. The van der Waals surface area contributed by atoms with Crippen LogP contribution in [-0.2, 0) is 10.0 Å². The molecule has 21 heavy (non-hydrogen) atoms. The third-order valence-corrected chi connectivity index (χ3v) is 6.81. The molecule has 0 spiro atoms. The van der Waals surface area contributed by atoms with E-state index in [2.05, 4.69) is 10.0 Å². The highest BCUT2D eigenvalue weighted by Crippen LogP contribution is 2.26. The summed E-state index contributed by atoms with van der Waals surface area (Å²) >= 11 is 2.04. The number of sulfonamides is 1. The number of rotatable bonds is 6. The molecule has 1 heterocycles. The molecular weight excluding hydrogens is 304 g/mol. The van der Waals surface area contributed by atoms with Crippen molar-refractivity contribution in [1.82, 2.24) is 4.72 Å². The number of nitrogens with one attached hydrogen (secondary N) is 2. The average molecular weight is 326 g/mol. The van der Waals surface area contributed by atoms with E-state index in [0.29, 0.717) is 10.1 Å². The van der Waals surface area contributed by atoms with Crippen LogP contribution in [0.4, 0.5) is 5.69 Å². The second-order valence-corrected chi connectivity index (χ2v) is 8.91. The van der Waals surface area contributed by atoms with Crippen molar-refractivity contribution in [3.8, 4) is 0 Å². The summed E-state index contributed by atoms with van der Waals surface area (Å²) in [5.41, 5.74) is 0.992. The van der Waals surface area contributed by atoms with E-state index in [1.165, 1.54) is 25.0 Å². The SMILES string of the molecule is O=S(=O)(NC1CC1)c1ccc(NCC2CCCCS2)cc1. The first-order chi connectivity index (χ1) is 10.1. The van der Waals surface area contributed by atoms with Gasteiger partial charge in [-0.3, -0.25) is 0 Å².